The molecule has 1 amide bonds. The van der Waals surface area contributed by atoms with Gasteiger partial charge in [0.2, 0.25) is 0 Å². The Labute approximate surface area is 166 Å². The highest BCUT2D eigenvalue weighted by atomic mass is 19.1. The molecule has 0 unspecified atom stereocenters. The number of hydrogen-bond acceptors (Lipinski definition) is 2. The Balaban J connectivity index is 1.93. The number of imidazole rings is 1. The van der Waals surface area contributed by atoms with Crippen LogP contribution in [-0.4, -0.2) is 26.9 Å². The first kappa shape index (κ1) is 20.1. The molecule has 0 aliphatic rings. The van der Waals surface area contributed by atoms with Crippen LogP contribution < -0.4 is 0 Å². The first-order chi connectivity index (χ1) is 13.6. The van der Waals surface area contributed by atoms with Crippen LogP contribution in [0.25, 0.3) is 11.0 Å². The third kappa shape index (κ3) is 4.58. The number of hydrogen-bond donors (Lipinski definition) is 0. The molecule has 0 saturated heterocycles. The monoisotopic (exact) mass is 381 g/mol. The van der Waals surface area contributed by atoms with Crippen LogP contribution in [0.2, 0.25) is 0 Å². The number of carbonyl (C=O) groups excluding carboxylic acids is 1. The highest BCUT2D eigenvalue weighted by Crippen LogP contribution is 2.20. The van der Waals surface area contributed by atoms with E-state index in [0.29, 0.717) is 18.7 Å². The summed E-state index contributed by atoms with van der Waals surface area (Å²) in [5, 5.41) is 0. The average molecular weight is 381 g/mol. The van der Waals surface area contributed by atoms with Gasteiger partial charge in [-0.25, -0.2) is 9.37 Å². The Morgan fingerprint density at radius 2 is 1.86 bits per heavy atom. The van der Waals surface area contributed by atoms with Gasteiger partial charge in [0.25, 0.3) is 5.91 Å². The van der Waals surface area contributed by atoms with Gasteiger partial charge < -0.3 is 9.47 Å². The van der Waals surface area contributed by atoms with E-state index in [4.69, 9.17) is 4.98 Å². The third-order valence-electron chi connectivity index (χ3n) is 4.94. The molecule has 0 radical (unpaired) electrons. The van der Waals surface area contributed by atoms with Crippen molar-refractivity contribution in [2.75, 3.05) is 6.54 Å². The molecule has 5 heteroatoms. The summed E-state index contributed by atoms with van der Waals surface area (Å²) in [5.74, 6) is 0.342. The number of aryl methyl sites for hydroxylation is 1. The zero-order valence-electron chi connectivity index (χ0n) is 16.7. The van der Waals surface area contributed by atoms with Gasteiger partial charge >= 0.3 is 0 Å². The van der Waals surface area contributed by atoms with Crippen molar-refractivity contribution in [1.29, 1.82) is 0 Å². The number of halogens is 1. The molecule has 0 aliphatic heterocycles. The Hall–Kier alpha value is -2.69. The molecule has 4 nitrogen and oxygen atoms in total. The topological polar surface area (TPSA) is 38.1 Å². The highest BCUT2D eigenvalue weighted by molar-refractivity contribution is 5.94. The Bertz CT molecular complexity index is 934. The van der Waals surface area contributed by atoms with Gasteiger partial charge in [-0.15, -0.1) is 0 Å². The molecule has 3 aromatic rings. The number of unbranched alkanes of at least 4 members (excludes halogenated alkanes) is 2. The van der Waals surface area contributed by atoms with Crippen molar-refractivity contribution < 1.29 is 9.18 Å². The number of carbonyl (C=O) groups is 1. The zero-order valence-corrected chi connectivity index (χ0v) is 16.7. The number of nitrogens with zero attached hydrogens (tertiary/aromatic N) is 3. The van der Waals surface area contributed by atoms with Crippen LogP contribution in [-0.2, 0) is 13.1 Å². The van der Waals surface area contributed by atoms with Gasteiger partial charge in [0.1, 0.15) is 11.6 Å². The summed E-state index contributed by atoms with van der Waals surface area (Å²) in [6.07, 6.45) is 4.03. The average Bonchev–Trinajstić information content (AvgIpc) is 3.06. The van der Waals surface area contributed by atoms with Crippen LogP contribution in [0.4, 0.5) is 4.39 Å². The molecule has 1 heterocycles. The first-order valence-electron chi connectivity index (χ1n) is 10.1. The lowest BCUT2D eigenvalue weighted by atomic mass is 10.2. The maximum absolute atomic E-state index is 13.6. The molecule has 0 bridgehead atoms. The fourth-order valence-electron chi connectivity index (χ4n) is 3.39. The molecular formula is C23H28FN3O. The Morgan fingerprint density at radius 1 is 1.07 bits per heavy atom. The van der Waals surface area contributed by atoms with Gasteiger partial charge in [-0.3, -0.25) is 4.79 Å². The molecule has 1 aromatic heterocycles. The molecule has 2 aromatic carbocycles. The minimum absolute atomic E-state index is 0.151. The lowest BCUT2D eigenvalue weighted by Gasteiger charge is -2.23. The number of fused-ring (bicyclic) bond motifs is 1. The van der Waals surface area contributed by atoms with Gasteiger partial charge in [-0.2, -0.15) is 0 Å². The van der Waals surface area contributed by atoms with E-state index in [0.717, 1.165) is 49.1 Å². The second-order valence-corrected chi connectivity index (χ2v) is 7.11. The van der Waals surface area contributed by atoms with Crippen LogP contribution in [0.15, 0.2) is 48.5 Å². The smallest absolute Gasteiger partial charge is 0.254 e. The van der Waals surface area contributed by atoms with E-state index in [1.54, 1.807) is 17.0 Å². The molecule has 0 atom stereocenters. The SMILES string of the molecule is CCCCN(Cc1nc2ccccc2n1CCCC)C(=O)c1cccc(F)c1. The van der Waals surface area contributed by atoms with Gasteiger partial charge in [0.05, 0.1) is 17.6 Å². The van der Waals surface area contributed by atoms with E-state index >= 15 is 0 Å². The van der Waals surface area contributed by atoms with Crippen LogP contribution in [0.1, 0.15) is 55.7 Å². The number of amides is 1. The lowest BCUT2D eigenvalue weighted by molar-refractivity contribution is 0.0734. The lowest BCUT2D eigenvalue weighted by Crippen LogP contribution is -2.32. The summed E-state index contributed by atoms with van der Waals surface area (Å²) in [6, 6.07) is 14.0. The van der Waals surface area contributed by atoms with Crippen molar-refractivity contribution in [2.24, 2.45) is 0 Å². The molecule has 0 spiro atoms. The normalized spacial score (nSPS) is 11.1. The summed E-state index contributed by atoms with van der Waals surface area (Å²) in [5.41, 5.74) is 2.43. The minimum atomic E-state index is -0.392. The van der Waals surface area contributed by atoms with E-state index in [-0.39, 0.29) is 5.91 Å². The standard InChI is InChI=1S/C23H28FN3O/c1-3-5-14-26(23(28)18-10-9-11-19(24)16-18)17-22-25-20-12-7-8-13-21(20)27(22)15-6-4-2/h7-13,16H,3-6,14-15,17H2,1-2H3. The first-order valence-corrected chi connectivity index (χ1v) is 10.1. The predicted octanol–water partition coefficient (Wildman–Crippen LogP) is 5.42. The van der Waals surface area contributed by atoms with Gasteiger partial charge in [-0.1, -0.05) is 44.9 Å². The zero-order chi connectivity index (χ0) is 19.9. The predicted molar refractivity (Wildman–Crippen MR) is 111 cm³/mol. The Kier molecular flexibility index (Phi) is 6.80. The van der Waals surface area contributed by atoms with Gasteiger partial charge in [-0.05, 0) is 43.2 Å². The molecule has 0 N–H and O–H groups in total. The van der Waals surface area contributed by atoms with Gasteiger partial charge in [0, 0.05) is 18.7 Å². The molecule has 3 rings (SSSR count). The fourth-order valence-corrected chi connectivity index (χ4v) is 3.39. The van der Waals surface area contributed by atoms with E-state index in [9.17, 15) is 9.18 Å². The molecule has 148 valence electrons. The van der Waals surface area contributed by atoms with Crippen molar-refractivity contribution >= 4 is 16.9 Å². The van der Waals surface area contributed by atoms with Crippen molar-refractivity contribution in [3.8, 4) is 0 Å². The summed E-state index contributed by atoms with van der Waals surface area (Å²) < 4.78 is 15.8. The van der Waals surface area contributed by atoms with Crippen LogP contribution >= 0.6 is 0 Å². The maximum Gasteiger partial charge on any atom is 0.254 e. The quantitative estimate of drug-likeness (QED) is 0.496. The van der Waals surface area contributed by atoms with E-state index in [2.05, 4.69) is 24.5 Å². The number of benzene rings is 2. The molecule has 0 fully saturated rings. The van der Waals surface area contributed by atoms with E-state index < -0.39 is 5.82 Å². The van der Waals surface area contributed by atoms with Crippen molar-refractivity contribution in [1.82, 2.24) is 14.5 Å². The van der Waals surface area contributed by atoms with E-state index in [1.165, 1.54) is 12.1 Å². The molecule has 0 aliphatic carbocycles. The molecule has 0 saturated carbocycles. The maximum atomic E-state index is 13.6. The number of rotatable bonds is 9. The van der Waals surface area contributed by atoms with Crippen LogP contribution in [0.5, 0.6) is 0 Å². The highest BCUT2D eigenvalue weighted by Gasteiger charge is 2.20. The molecular weight excluding hydrogens is 353 g/mol. The molecule has 28 heavy (non-hydrogen) atoms. The third-order valence-corrected chi connectivity index (χ3v) is 4.94. The van der Waals surface area contributed by atoms with Crippen molar-refractivity contribution in [2.45, 2.75) is 52.6 Å². The second kappa shape index (κ2) is 9.49. The summed E-state index contributed by atoms with van der Waals surface area (Å²) >= 11 is 0. The Morgan fingerprint density at radius 3 is 2.61 bits per heavy atom. The van der Waals surface area contributed by atoms with Crippen molar-refractivity contribution in [3.63, 3.8) is 0 Å². The van der Waals surface area contributed by atoms with Gasteiger partial charge in [0.15, 0.2) is 0 Å². The second-order valence-electron chi connectivity index (χ2n) is 7.11. The summed E-state index contributed by atoms with van der Waals surface area (Å²) in [4.78, 5) is 19.7. The number of aromatic nitrogens is 2. The summed E-state index contributed by atoms with van der Waals surface area (Å²) in [6.45, 7) is 6.19. The van der Waals surface area contributed by atoms with Crippen LogP contribution in [0.3, 0.4) is 0 Å². The largest absolute Gasteiger partial charge is 0.331 e. The van der Waals surface area contributed by atoms with Crippen molar-refractivity contribution in [3.05, 3.63) is 65.7 Å². The number of para-hydroxylation sites is 2. The minimum Gasteiger partial charge on any atom is -0.331 e. The van der Waals surface area contributed by atoms with E-state index in [1.807, 2.05) is 18.2 Å². The van der Waals surface area contributed by atoms with Crippen LogP contribution in [0, 0.1) is 5.82 Å². The summed E-state index contributed by atoms with van der Waals surface area (Å²) in [7, 11) is 0. The fraction of sp³-hybridized carbons (Fsp3) is 0.391.